The Hall–Kier alpha value is -0.0800. The fraction of sp³-hybridized carbons (Fsp3) is 1.00. The molecule has 1 aliphatic heterocycles. The van der Waals surface area contributed by atoms with Crippen LogP contribution in [0.25, 0.3) is 0 Å². The summed E-state index contributed by atoms with van der Waals surface area (Å²) in [6, 6.07) is 1.99. The molecule has 90 valence electrons. The van der Waals surface area contributed by atoms with E-state index in [9.17, 15) is 0 Å². The van der Waals surface area contributed by atoms with Crippen molar-refractivity contribution in [3.63, 3.8) is 0 Å². The molecule has 0 unspecified atom stereocenters. The lowest BCUT2D eigenvalue weighted by Crippen LogP contribution is -2.63. The monoisotopic (exact) mass is 212 g/mol. The molecule has 2 nitrogen and oxygen atoms in total. The van der Waals surface area contributed by atoms with Gasteiger partial charge in [-0.15, -0.1) is 0 Å². The molecule has 0 amide bonds. The summed E-state index contributed by atoms with van der Waals surface area (Å²) in [4.78, 5) is 5.25. The van der Waals surface area contributed by atoms with Crippen molar-refractivity contribution in [3.05, 3.63) is 0 Å². The Bertz CT molecular complexity index is 205. The summed E-state index contributed by atoms with van der Waals surface area (Å²) in [6.45, 7) is 18.7. The van der Waals surface area contributed by atoms with Crippen molar-refractivity contribution in [2.24, 2.45) is 0 Å². The van der Waals surface area contributed by atoms with Crippen LogP contribution in [-0.2, 0) is 0 Å². The van der Waals surface area contributed by atoms with E-state index >= 15 is 0 Å². The van der Waals surface area contributed by atoms with Crippen molar-refractivity contribution in [3.8, 4) is 0 Å². The maximum atomic E-state index is 2.64. The molecule has 0 spiro atoms. The molecule has 1 rings (SSSR count). The van der Waals surface area contributed by atoms with Crippen LogP contribution in [0.4, 0.5) is 0 Å². The average molecular weight is 212 g/mol. The second-order valence-corrected chi connectivity index (χ2v) is 6.18. The van der Waals surface area contributed by atoms with Gasteiger partial charge in [0, 0.05) is 36.8 Å². The Labute approximate surface area is 95.6 Å². The minimum absolute atomic E-state index is 0.302. The van der Waals surface area contributed by atoms with Crippen LogP contribution in [0.2, 0.25) is 0 Å². The maximum absolute atomic E-state index is 2.64. The quantitative estimate of drug-likeness (QED) is 0.659. The zero-order valence-corrected chi connectivity index (χ0v) is 11.5. The summed E-state index contributed by atoms with van der Waals surface area (Å²) in [7, 11) is 0. The average Bonchev–Trinajstić information content (AvgIpc) is 2.06. The number of hydrogen-bond donors (Lipinski definition) is 0. The molecule has 1 aliphatic rings. The van der Waals surface area contributed by atoms with Crippen LogP contribution in [-0.4, -0.2) is 46.6 Å². The summed E-state index contributed by atoms with van der Waals surface area (Å²) in [5, 5.41) is 0. The number of rotatable bonds is 1. The van der Waals surface area contributed by atoms with Gasteiger partial charge >= 0.3 is 0 Å². The topological polar surface area (TPSA) is 6.48 Å². The van der Waals surface area contributed by atoms with Crippen LogP contribution < -0.4 is 0 Å². The van der Waals surface area contributed by atoms with E-state index in [1.807, 2.05) is 0 Å². The molecule has 0 aromatic heterocycles. The molecular formula is C13H28N2. The van der Waals surface area contributed by atoms with Crippen LogP contribution in [0.1, 0.15) is 48.5 Å². The molecule has 15 heavy (non-hydrogen) atoms. The highest BCUT2D eigenvalue weighted by Gasteiger charge is 2.36. The standard InChI is InChI=1S/C13H28N2/c1-10(2)14-8-9-15(13(5,6)7)12(4)11(14)3/h10-12H,8-9H2,1-7H3/t11-,12-/m1/s1. The van der Waals surface area contributed by atoms with Gasteiger partial charge in [-0.1, -0.05) is 0 Å². The fourth-order valence-corrected chi connectivity index (χ4v) is 2.84. The minimum atomic E-state index is 0.302. The van der Waals surface area contributed by atoms with Crippen molar-refractivity contribution in [1.29, 1.82) is 0 Å². The van der Waals surface area contributed by atoms with Gasteiger partial charge in [0.05, 0.1) is 0 Å². The highest BCUT2D eigenvalue weighted by atomic mass is 15.3. The molecule has 0 N–H and O–H groups in total. The lowest BCUT2D eigenvalue weighted by atomic mass is 9.95. The Morgan fingerprint density at radius 3 is 1.93 bits per heavy atom. The summed E-state index contributed by atoms with van der Waals surface area (Å²) in [5.41, 5.74) is 0.302. The van der Waals surface area contributed by atoms with Crippen LogP contribution in [0, 0.1) is 0 Å². The molecule has 2 heteroatoms. The fourth-order valence-electron chi connectivity index (χ4n) is 2.84. The molecule has 0 saturated carbocycles. The van der Waals surface area contributed by atoms with Crippen LogP contribution in [0.5, 0.6) is 0 Å². The third kappa shape index (κ3) is 2.73. The van der Waals surface area contributed by atoms with Crippen molar-refractivity contribution >= 4 is 0 Å². The van der Waals surface area contributed by atoms with Gasteiger partial charge < -0.3 is 0 Å². The van der Waals surface area contributed by atoms with E-state index in [4.69, 9.17) is 0 Å². The summed E-state index contributed by atoms with van der Waals surface area (Å²) in [5.74, 6) is 0. The second kappa shape index (κ2) is 4.42. The molecule has 1 heterocycles. The molecule has 2 atom stereocenters. The summed E-state index contributed by atoms with van der Waals surface area (Å²) in [6.07, 6.45) is 0. The van der Waals surface area contributed by atoms with Gasteiger partial charge in [0.15, 0.2) is 0 Å². The largest absolute Gasteiger partial charge is 0.295 e. The lowest BCUT2D eigenvalue weighted by Gasteiger charge is -2.51. The van der Waals surface area contributed by atoms with Gasteiger partial charge in [-0.2, -0.15) is 0 Å². The molecule has 0 bridgehead atoms. The van der Waals surface area contributed by atoms with Gasteiger partial charge in [-0.3, -0.25) is 9.80 Å². The molecule has 0 aromatic carbocycles. The van der Waals surface area contributed by atoms with Crippen molar-refractivity contribution < 1.29 is 0 Å². The van der Waals surface area contributed by atoms with Gasteiger partial charge in [-0.25, -0.2) is 0 Å². The smallest absolute Gasteiger partial charge is 0.0226 e. The van der Waals surface area contributed by atoms with E-state index in [1.165, 1.54) is 13.1 Å². The van der Waals surface area contributed by atoms with Gasteiger partial charge in [0.2, 0.25) is 0 Å². The number of nitrogens with zero attached hydrogens (tertiary/aromatic N) is 2. The first-order valence-corrected chi connectivity index (χ1v) is 6.27. The van der Waals surface area contributed by atoms with E-state index in [0.29, 0.717) is 23.7 Å². The Kier molecular flexibility index (Phi) is 3.83. The predicted octanol–water partition coefficient (Wildman–Crippen LogP) is 2.59. The maximum Gasteiger partial charge on any atom is 0.0226 e. The van der Waals surface area contributed by atoms with E-state index in [-0.39, 0.29) is 0 Å². The van der Waals surface area contributed by atoms with Gasteiger partial charge in [0.25, 0.3) is 0 Å². The van der Waals surface area contributed by atoms with Crippen LogP contribution >= 0.6 is 0 Å². The third-order valence-corrected chi connectivity index (χ3v) is 3.84. The first-order valence-electron chi connectivity index (χ1n) is 6.27. The van der Waals surface area contributed by atoms with E-state index < -0.39 is 0 Å². The summed E-state index contributed by atoms with van der Waals surface area (Å²) >= 11 is 0. The van der Waals surface area contributed by atoms with E-state index in [2.05, 4.69) is 58.3 Å². The van der Waals surface area contributed by atoms with Gasteiger partial charge in [-0.05, 0) is 48.5 Å². The number of hydrogen-bond acceptors (Lipinski definition) is 2. The Morgan fingerprint density at radius 1 is 1.00 bits per heavy atom. The highest BCUT2D eigenvalue weighted by Crippen LogP contribution is 2.25. The molecule has 1 saturated heterocycles. The third-order valence-electron chi connectivity index (χ3n) is 3.84. The predicted molar refractivity (Wildman–Crippen MR) is 67.2 cm³/mol. The van der Waals surface area contributed by atoms with Crippen molar-refractivity contribution in [2.45, 2.75) is 72.1 Å². The highest BCUT2D eigenvalue weighted by molar-refractivity contribution is 4.92. The molecule has 0 aromatic rings. The van der Waals surface area contributed by atoms with Crippen molar-refractivity contribution in [2.75, 3.05) is 13.1 Å². The van der Waals surface area contributed by atoms with E-state index in [1.54, 1.807) is 0 Å². The zero-order valence-electron chi connectivity index (χ0n) is 11.5. The van der Waals surface area contributed by atoms with Crippen molar-refractivity contribution in [1.82, 2.24) is 9.80 Å². The van der Waals surface area contributed by atoms with E-state index in [0.717, 1.165) is 0 Å². The molecular weight excluding hydrogens is 184 g/mol. The lowest BCUT2D eigenvalue weighted by molar-refractivity contribution is -0.0286. The first kappa shape index (κ1) is 13.0. The van der Waals surface area contributed by atoms with Gasteiger partial charge in [0.1, 0.15) is 0 Å². The SMILES string of the molecule is CC(C)N1CCN(C(C)(C)C)[C@H](C)[C@H]1C. The Balaban J connectivity index is 2.73. The Morgan fingerprint density at radius 2 is 1.53 bits per heavy atom. The number of piperazine rings is 1. The summed E-state index contributed by atoms with van der Waals surface area (Å²) < 4.78 is 0. The molecule has 1 fully saturated rings. The molecule has 0 aliphatic carbocycles. The zero-order chi connectivity index (χ0) is 11.8. The normalized spacial score (nSPS) is 31.2. The second-order valence-electron chi connectivity index (χ2n) is 6.18. The first-order chi connectivity index (χ1) is 6.75. The van der Waals surface area contributed by atoms with Crippen LogP contribution in [0.3, 0.4) is 0 Å². The molecule has 0 radical (unpaired) electrons. The van der Waals surface area contributed by atoms with Crippen LogP contribution in [0.15, 0.2) is 0 Å². The minimum Gasteiger partial charge on any atom is -0.295 e.